The SMILES string of the molecule is CC(=O)Oc1ccc(N2C(=O)c3ccc(OC(C)=O)cc3C2=O)cc1. The van der Waals surface area contributed by atoms with Crippen molar-refractivity contribution in [2.75, 3.05) is 4.90 Å². The molecule has 0 atom stereocenters. The van der Waals surface area contributed by atoms with Crippen molar-refractivity contribution in [3.63, 3.8) is 0 Å². The molecule has 0 spiro atoms. The molecule has 0 saturated carbocycles. The molecule has 2 amide bonds. The molecule has 7 heteroatoms. The van der Waals surface area contributed by atoms with Crippen molar-refractivity contribution in [1.29, 1.82) is 0 Å². The second kappa shape index (κ2) is 6.20. The summed E-state index contributed by atoms with van der Waals surface area (Å²) in [6.07, 6.45) is 0. The summed E-state index contributed by atoms with van der Waals surface area (Å²) in [4.78, 5) is 48.1. The van der Waals surface area contributed by atoms with E-state index in [0.717, 1.165) is 4.90 Å². The standard InChI is InChI=1S/C18H13NO6/c1-10(20)24-13-5-3-12(4-6-13)19-17(22)15-8-7-14(25-11(2)21)9-16(15)18(19)23/h3-9H,1-2H3. The Morgan fingerprint density at radius 2 is 1.28 bits per heavy atom. The zero-order valence-electron chi connectivity index (χ0n) is 13.4. The molecule has 2 aromatic carbocycles. The van der Waals surface area contributed by atoms with Crippen LogP contribution in [0.4, 0.5) is 5.69 Å². The Bertz CT molecular complexity index is 900. The Labute approximate surface area is 142 Å². The average Bonchev–Trinajstić information content (AvgIpc) is 2.78. The highest BCUT2D eigenvalue weighted by molar-refractivity contribution is 6.34. The first-order chi connectivity index (χ1) is 11.9. The highest BCUT2D eigenvalue weighted by atomic mass is 16.5. The molecule has 1 aliphatic rings. The molecular formula is C18H13NO6. The lowest BCUT2D eigenvalue weighted by Crippen LogP contribution is -2.29. The Morgan fingerprint density at radius 3 is 1.88 bits per heavy atom. The second-order valence-corrected chi connectivity index (χ2v) is 5.33. The molecule has 25 heavy (non-hydrogen) atoms. The van der Waals surface area contributed by atoms with Crippen LogP contribution >= 0.6 is 0 Å². The summed E-state index contributed by atoms with van der Waals surface area (Å²) in [5.41, 5.74) is 0.730. The molecule has 3 rings (SSSR count). The minimum absolute atomic E-state index is 0.160. The van der Waals surface area contributed by atoms with Crippen molar-refractivity contribution in [2.45, 2.75) is 13.8 Å². The maximum Gasteiger partial charge on any atom is 0.308 e. The molecule has 126 valence electrons. The maximum atomic E-state index is 12.6. The quantitative estimate of drug-likeness (QED) is 0.484. The van der Waals surface area contributed by atoms with Crippen LogP contribution in [-0.4, -0.2) is 23.8 Å². The van der Waals surface area contributed by atoms with Crippen LogP contribution in [0.25, 0.3) is 0 Å². The van der Waals surface area contributed by atoms with Crippen molar-refractivity contribution in [3.8, 4) is 11.5 Å². The minimum Gasteiger partial charge on any atom is -0.427 e. The van der Waals surface area contributed by atoms with Crippen LogP contribution < -0.4 is 14.4 Å². The van der Waals surface area contributed by atoms with E-state index >= 15 is 0 Å². The van der Waals surface area contributed by atoms with Crippen LogP contribution in [0.5, 0.6) is 11.5 Å². The summed E-state index contributed by atoms with van der Waals surface area (Å²) in [7, 11) is 0. The predicted molar refractivity (Wildman–Crippen MR) is 86.6 cm³/mol. The van der Waals surface area contributed by atoms with Gasteiger partial charge in [0.25, 0.3) is 11.8 Å². The van der Waals surface area contributed by atoms with Crippen molar-refractivity contribution >= 4 is 29.4 Å². The van der Waals surface area contributed by atoms with E-state index in [1.807, 2.05) is 0 Å². The van der Waals surface area contributed by atoms with Crippen LogP contribution in [0.2, 0.25) is 0 Å². The predicted octanol–water partition coefficient (Wildman–Crippen LogP) is 2.34. The van der Waals surface area contributed by atoms with E-state index in [2.05, 4.69) is 0 Å². The molecule has 0 aromatic heterocycles. The van der Waals surface area contributed by atoms with E-state index in [-0.39, 0.29) is 16.9 Å². The fraction of sp³-hybridized carbons (Fsp3) is 0.111. The lowest BCUT2D eigenvalue weighted by atomic mass is 10.1. The van der Waals surface area contributed by atoms with Gasteiger partial charge in [0, 0.05) is 13.8 Å². The topological polar surface area (TPSA) is 90.0 Å². The molecule has 1 aliphatic heterocycles. The third kappa shape index (κ3) is 3.12. The van der Waals surface area contributed by atoms with Crippen molar-refractivity contribution in [3.05, 3.63) is 53.6 Å². The number of hydrogen-bond acceptors (Lipinski definition) is 6. The number of nitrogens with zero attached hydrogens (tertiary/aromatic N) is 1. The van der Waals surface area contributed by atoms with Crippen LogP contribution in [0.1, 0.15) is 34.6 Å². The van der Waals surface area contributed by atoms with Gasteiger partial charge in [0.2, 0.25) is 0 Å². The van der Waals surface area contributed by atoms with Crippen molar-refractivity contribution in [1.82, 2.24) is 0 Å². The molecule has 7 nitrogen and oxygen atoms in total. The van der Waals surface area contributed by atoms with Gasteiger partial charge in [-0.2, -0.15) is 0 Å². The zero-order valence-corrected chi connectivity index (χ0v) is 13.4. The number of fused-ring (bicyclic) bond motifs is 1. The van der Waals surface area contributed by atoms with E-state index in [1.54, 1.807) is 0 Å². The summed E-state index contributed by atoms with van der Waals surface area (Å²) in [6.45, 7) is 2.52. The van der Waals surface area contributed by atoms with E-state index in [9.17, 15) is 19.2 Å². The Kier molecular flexibility index (Phi) is 4.06. The summed E-state index contributed by atoms with van der Waals surface area (Å²) in [6, 6.07) is 10.3. The number of ether oxygens (including phenoxy) is 2. The molecule has 0 radical (unpaired) electrons. The summed E-state index contributed by atoms with van der Waals surface area (Å²) >= 11 is 0. The van der Waals surface area contributed by atoms with Gasteiger partial charge in [0.05, 0.1) is 16.8 Å². The van der Waals surface area contributed by atoms with Gasteiger partial charge in [0.1, 0.15) is 11.5 Å². The second-order valence-electron chi connectivity index (χ2n) is 5.33. The first-order valence-corrected chi connectivity index (χ1v) is 7.36. The van der Waals surface area contributed by atoms with Gasteiger partial charge in [-0.15, -0.1) is 0 Å². The number of rotatable bonds is 3. The largest absolute Gasteiger partial charge is 0.427 e. The van der Waals surface area contributed by atoms with E-state index < -0.39 is 23.8 Å². The summed E-state index contributed by atoms with van der Waals surface area (Å²) in [5.74, 6) is -1.48. The smallest absolute Gasteiger partial charge is 0.308 e. The van der Waals surface area contributed by atoms with E-state index in [1.165, 1.54) is 56.3 Å². The van der Waals surface area contributed by atoms with Crippen molar-refractivity contribution < 1.29 is 28.7 Å². The lowest BCUT2D eigenvalue weighted by Gasteiger charge is -2.14. The third-order valence-electron chi connectivity index (χ3n) is 3.48. The molecule has 2 aromatic rings. The number of hydrogen-bond donors (Lipinski definition) is 0. The van der Waals surface area contributed by atoms with Crippen LogP contribution in [0, 0.1) is 0 Å². The Morgan fingerprint density at radius 1 is 0.760 bits per heavy atom. The number of amides is 2. The monoisotopic (exact) mass is 339 g/mol. The van der Waals surface area contributed by atoms with Gasteiger partial charge in [-0.25, -0.2) is 4.90 Å². The molecule has 0 aliphatic carbocycles. The molecule has 0 bridgehead atoms. The normalized spacial score (nSPS) is 12.8. The number of esters is 2. The van der Waals surface area contributed by atoms with Crippen LogP contribution in [0.3, 0.4) is 0 Å². The van der Waals surface area contributed by atoms with E-state index in [4.69, 9.17) is 9.47 Å². The van der Waals surface area contributed by atoms with Gasteiger partial charge >= 0.3 is 11.9 Å². The zero-order chi connectivity index (χ0) is 18.1. The van der Waals surface area contributed by atoms with E-state index in [0.29, 0.717) is 11.4 Å². The molecule has 0 N–H and O–H groups in total. The molecule has 0 saturated heterocycles. The number of carbonyl (C=O) groups is 4. The maximum absolute atomic E-state index is 12.6. The Hall–Kier alpha value is -3.48. The first kappa shape index (κ1) is 16.4. The number of imide groups is 1. The fourth-order valence-corrected chi connectivity index (χ4v) is 2.51. The first-order valence-electron chi connectivity index (χ1n) is 7.36. The van der Waals surface area contributed by atoms with Crippen LogP contribution in [-0.2, 0) is 9.59 Å². The van der Waals surface area contributed by atoms with Gasteiger partial charge in [0.15, 0.2) is 0 Å². The average molecular weight is 339 g/mol. The Balaban J connectivity index is 1.91. The van der Waals surface area contributed by atoms with Gasteiger partial charge in [-0.1, -0.05) is 0 Å². The van der Waals surface area contributed by atoms with Crippen LogP contribution in [0.15, 0.2) is 42.5 Å². The highest BCUT2D eigenvalue weighted by Crippen LogP contribution is 2.31. The fourth-order valence-electron chi connectivity index (χ4n) is 2.51. The molecule has 1 heterocycles. The highest BCUT2D eigenvalue weighted by Gasteiger charge is 2.37. The third-order valence-corrected chi connectivity index (χ3v) is 3.48. The molecule has 0 fully saturated rings. The molecular weight excluding hydrogens is 326 g/mol. The summed E-state index contributed by atoms with van der Waals surface area (Å²) in [5, 5.41) is 0. The number of carbonyl (C=O) groups excluding carboxylic acids is 4. The van der Waals surface area contributed by atoms with Gasteiger partial charge in [-0.3, -0.25) is 19.2 Å². The lowest BCUT2D eigenvalue weighted by molar-refractivity contribution is -0.132. The molecule has 0 unspecified atom stereocenters. The minimum atomic E-state index is -0.519. The van der Waals surface area contributed by atoms with Gasteiger partial charge in [-0.05, 0) is 42.5 Å². The summed E-state index contributed by atoms with van der Waals surface area (Å²) < 4.78 is 9.87. The van der Waals surface area contributed by atoms with Crippen molar-refractivity contribution in [2.24, 2.45) is 0 Å². The van der Waals surface area contributed by atoms with Gasteiger partial charge < -0.3 is 9.47 Å². The number of anilines is 1. The number of benzene rings is 2.